The summed E-state index contributed by atoms with van der Waals surface area (Å²) in [7, 11) is 0. The van der Waals surface area contributed by atoms with Crippen molar-refractivity contribution in [1.82, 2.24) is 0 Å². The van der Waals surface area contributed by atoms with Crippen molar-refractivity contribution in [2.45, 2.75) is 32.1 Å². The Morgan fingerprint density at radius 3 is 2.81 bits per heavy atom. The molecule has 0 aliphatic heterocycles. The molecule has 1 aromatic heterocycles. The lowest BCUT2D eigenvalue weighted by molar-refractivity contribution is 0.103. The largest absolute Gasteiger partial charge is 0.321 e. The highest BCUT2D eigenvalue weighted by Crippen LogP contribution is 2.30. The van der Waals surface area contributed by atoms with Crippen molar-refractivity contribution in [3.05, 3.63) is 49.1 Å². The monoisotopic (exact) mass is 383 g/mol. The highest BCUT2D eigenvalue weighted by atomic mass is 79.9. The smallest absolute Gasteiger partial charge is 0.265 e. The van der Waals surface area contributed by atoms with Crippen LogP contribution in [0.15, 0.2) is 28.7 Å². The molecule has 3 rings (SSSR count). The average molecular weight is 385 g/mol. The van der Waals surface area contributed by atoms with Gasteiger partial charge in [-0.05, 0) is 71.4 Å². The summed E-state index contributed by atoms with van der Waals surface area (Å²) in [6, 6.07) is 7.48. The van der Waals surface area contributed by atoms with Gasteiger partial charge in [-0.3, -0.25) is 4.79 Å². The zero-order valence-electron chi connectivity index (χ0n) is 11.4. The number of thiophene rings is 1. The van der Waals surface area contributed by atoms with Crippen LogP contribution in [0.4, 0.5) is 5.69 Å². The summed E-state index contributed by atoms with van der Waals surface area (Å²) < 4.78 is 0.824. The molecule has 110 valence electrons. The summed E-state index contributed by atoms with van der Waals surface area (Å²) in [6.45, 7) is 0. The number of amides is 1. The molecular formula is C16H15BrClNOS. The van der Waals surface area contributed by atoms with Gasteiger partial charge in [-0.25, -0.2) is 0 Å². The van der Waals surface area contributed by atoms with Gasteiger partial charge in [0.2, 0.25) is 0 Å². The number of fused-ring (bicyclic) bond motifs is 1. The topological polar surface area (TPSA) is 29.1 Å². The van der Waals surface area contributed by atoms with E-state index >= 15 is 0 Å². The Morgan fingerprint density at radius 2 is 2.00 bits per heavy atom. The van der Waals surface area contributed by atoms with Crippen molar-refractivity contribution in [3.8, 4) is 0 Å². The highest BCUT2D eigenvalue weighted by molar-refractivity contribution is 9.10. The second kappa shape index (κ2) is 6.51. The molecule has 1 N–H and O–H groups in total. The van der Waals surface area contributed by atoms with E-state index in [9.17, 15) is 4.79 Å². The van der Waals surface area contributed by atoms with Crippen LogP contribution in [0.25, 0.3) is 0 Å². The van der Waals surface area contributed by atoms with Gasteiger partial charge >= 0.3 is 0 Å². The van der Waals surface area contributed by atoms with Gasteiger partial charge in [0.25, 0.3) is 5.91 Å². The Balaban J connectivity index is 1.77. The van der Waals surface area contributed by atoms with E-state index in [1.54, 1.807) is 17.4 Å². The number of hydrogen-bond acceptors (Lipinski definition) is 2. The second-order valence-electron chi connectivity index (χ2n) is 5.20. The molecule has 2 aromatic rings. The number of carbonyl (C=O) groups is 1. The molecule has 0 atom stereocenters. The zero-order chi connectivity index (χ0) is 14.8. The van der Waals surface area contributed by atoms with Crippen LogP contribution in [-0.2, 0) is 12.8 Å². The summed E-state index contributed by atoms with van der Waals surface area (Å²) in [5.41, 5.74) is 2.08. The number of benzene rings is 1. The molecule has 21 heavy (non-hydrogen) atoms. The number of carbonyl (C=O) groups excluding carboxylic acids is 1. The van der Waals surface area contributed by atoms with Crippen molar-refractivity contribution in [3.63, 3.8) is 0 Å². The Labute approximate surface area is 141 Å². The maximum absolute atomic E-state index is 12.4. The molecule has 1 aliphatic rings. The minimum absolute atomic E-state index is 0.0496. The van der Waals surface area contributed by atoms with E-state index in [0.717, 1.165) is 27.9 Å². The van der Waals surface area contributed by atoms with Gasteiger partial charge in [0.1, 0.15) is 0 Å². The summed E-state index contributed by atoms with van der Waals surface area (Å²) >= 11 is 11.0. The van der Waals surface area contributed by atoms with Crippen LogP contribution >= 0.6 is 38.9 Å². The first-order chi connectivity index (χ1) is 10.1. The molecule has 5 heteroatoms. The molecule has 1 aromatic carbocycles. The molecule has 0 unspecified atom stereocenters. The zero-order valence-corrected chi connectivity index (χ0v) is 14.6. The fourth-order valence-corrected chi connectivity index (χ4v) is 4.12. The van der Waals surface area contributed by atoms with E-state index in [-0.39, 0.29) is 5.91 Å². The molecule has 1 aliphatic carbocycles. The Kier molecular flexibility index (Phi) is 4.67. The van der Waals surface area contributed by atoms with Crippen LogP contribution in [0.3, 0.4) is 0 Å². The first-order valence-electron chi connectivity index (χ1n) is 7.01. The van der Waals surface area contributed by atoms with Crippen LogP contribution < -0.4 is 5.32 Å². The van der Waals surface area contributed by atoms with Gasteiger partial charge < -0.3 is 5.32 Å². The minimum Gasteiger partial charge on any atom is -0.321 e. The van der Waals surface area contributed by atoms with Gasteiger partial charge in [-0.1, -0.05) is 18.0 Å². The summed E-state index contributed by atoms with van der Waals surface area (Å²) in [5, 5.41) is 3.51. The van der Waals surface area contributed by atoms with E-state index in [4.69, 9.17) is 11.6 Å². The third kappa shape index (κ3) is 3.50. The lowest BCUT2D eigenvalue weighted by Gasteiger charge is -2.05. The molecule has 0 saturated heterocycles. The van der Waals surface area contributed by atoms with Crippen LogP contribution in [0, 0.1) is 0 Å². The Hall–Kier alpha value is -0.840. The minimum atomic E-state index is -0.0496. The number of halogens is 2. The van der Waals surface area contributed by atoms with Crippen molar-refractivity contribution < 1.29 is 4.79 Å². The predicted octanol–water partition coefficient (Wildman–Crippen LogP) is 5.69. The van der Waals surface area contributed by atoms with Crippen LogP contribution in [0.5, 0.6) is 0 Å². The van der Waals surface area contributed by atoms with Gasteiger partial charge in [-0.2, -0.15) is 0 Å². The van der Waals surface area contributed by atoms with Crippen LogP contribution in [-0.4, -0.2) is 5.91 Å². The summed E-state index contributed by atoms with van der Waals surface area (Å²) in [5.74, 6) is -0.0496. The summed E-state index contributed by atoms with van der Waals surface area (Å²) in [4.78, 5) is 14.5. The Bertz CT molecular complexity index is 659. The fraction of sp³-hybridized carbons (Fsp3) is 0.312. The highest BCUT2D eigenvalue weighted by Gasteiger charge is 2.16. The van der Waals surface area contributed by atoms with Gasteiger partial charge in [-0.15, -0.1) is 11.3 Å². The fourth-order valence-electron chi connectivity index (χ4n) is 2.55. The number of anilines is 1. The van der Waals surface area contributed by atoms with E-state index < -0.39 is 0 Å². The van der Waals surface area contributed by atoms with Gasteiger partial charge in [0.05, 0.1) is 9.90 Å². The SMILES string of the molecule is O=C(Nc1ccc(Br)c(Cl)c1)c1cc2c(s1)CCCCC2. The predicted molar refractivity (Wildman–Crippen MR) is 92.7 cm³/mol. The molecule has 0 radical (unpaired) electrons. The molecule has 1 amide bonds. The molecule has 0 bridgehead atoms. The maximum atomic E-state index is 12.4. The van der Waals surface area contributed by atoms with E-state index in [1.807, 2.05) is 12.1 Å². The third-order valence-corrected chi connectivity index (χ3v) is 6.12. The van der Waals surface area contributed by atoms with Crippen LogP contribution in [0.1, 0.15) is 39.4 Å². The molecule has 0 spiro atoms. The van der Waals surface area contributed by atoms with E-state index in [2.05, 4.69) is 27.3 Å². The molecular weight excluding hydrogens is 370 g/mol. The normalized spacial score (nSPS) is 14.4. The van der Waals surface area contributed by atoms with Crippen LogP contribution in [0.2, 0.25) is 5.02 Å². The lowest BCUT2D eigenvalue weighted by atomic mass is 10.1. The molecule has 0 fully saturated rings. The number of rotatable bonds is 2. The third-order valence-electron chi connectivity index (χ3n) is 3.65. The number of hydrogen-bond donors (Lipinski definition) is 1. The first kappa shape index (κ1) is 15.1. The maximum Gasteiger partial charge on any atom is 0.265 e. The Morgan fingerprint density at radius 1 is 1.19 bits per heavy atom. The number of aryl methyl sites for hydroxylation is 2. The van der Waals surface area contributed by atoms with Crippen molar-refractivity contribution in [2.75, 3.05) is 5.32 Å². The van der Waals surface area contributed by atoms with Gasteiger partial charge in [0, 0.05) is 15.0 Å². The molecule has 2 nitrogen and oxygen atoms in total. The van der Waals surface area contributed by atoms with E-state index in [0.29, 0.717) is 5.02 Å². The van der Waals surface area contributed by atoms with Crippen molar-refractivity contribution in [2.24, 2.45) is 0 Å². The van der Waals surface area contributed by atoms with Crippen molar-refractivity contribution in [1.29, 1.82) is 0 Å². The van der Waals surface area contributed by atoms with Gasteiger partial charge in [0.15, 0.2) is 0 Å². The number of nitrogens with one attached hydrogen (secondary N) is 1. The van der Waals surface area contributed by atoms with Crippen molar-refractivity contribution >= 4 is 50.5 Å². The lowest BCUT2D eigenvalue weighted by Crippen LogP contribution is -2.10. The average Bonchev–Trinajstić information content (AvgIpc) is 2.74. The molecule has 0 saturated carbocycles. The summed E-state index contributed by atoms with van der Waals surface area (Å²) in [6.07, 6.45) is 5.96. The quantitative estimate of drug-likeness (QED) is 0.663. The van der Waals surface area contributed by atoms with E-state index in [1.165, 1.54) is 29.7 Å². The standard InChI is InChI=1S/C16H15BrClNOS/c17-12-7-6-11(9-13(12)18)19-16(20)15-8-10-4-2-1-3-5-14(10)21-15/h6-9H,1-5H2,(H,19,20). The first-order valence-corrected chi connectivity index (χ1v) is 9.00. The second-order valence-corrected chi connectivity index (χ2v) is 7.60. The molecule has 1 heterocycles.